The van der Waals surface area contributed by atoms with Gasteiger partial charge in [-0.15, -0.1) is 0 Å². The molecule has 1 N–H and O–H groups in total. The van der Waals surface area contributed by atoms with Gasteiger partial charge in [-0.25, -0.2) is 0 Å². The lowest BCUT2D eigenvalue weighted by Gasteiger charge is -2.11. The minimum atomic E-state index is 0.117. The van der Waals surface area contributed by atoms with E-state index in [0.29, 0.717) is 13.0 Å². The maximum absolute atomic E-state index is 11.8. The lowest BCUT2D eigenvalue weighted by molar-refractivity contribution is -0.121. The average molecular weight is 346 g/mol. The second-order valence-electron chi connectivity index (χ2n) is 5.02. The Morgan fingerprint density at radius 1 is 1.00 bits per heavy atom. The number of alkyl halides is 1. The zero-order chi connectivity index (χ0) is 14.9. The summed E-state index contributed by atoms with van der Waals surface area (Å²) in [5.41, 5.74) is 2.47. The molecule has 0 bridgehead atoms. The average Bonchev–Trinajstić information content (AvgIpc) is 2.54. The Hall–Kier alpha value is -1.61. The van der Waals surface area contributed by atoms with Crippen LogP contribution >= 0.6 is 15.9 Å². The molecule has 0 saturated heterocycles. The summed E-state index contributed by atoms with van der Waals surface area (Å²) in [6.07, 6.45) is 2.40. The van der Waals surface area contributed by atoms with Gasteiger partial charge in [-0.2, -0.15) is 0 Å². The van der Waals surface area contributed by atoms with Gasteiger partial charge in [-0.1, -0.05) is 76.6 Å². The van der Waals surface area contributed by atoms with Crippen LogP contribution in [0.15, 0.2) is 60.7 Å². The third kappa shape index (κ3) is 5.72. The first-order chi connectivity index (χ1) is 10.3. The van der Waals surface area contributed by atoms with Crippen molar-refractivity contribution in [3.63, 3.8) is 0 Å². The maximum atomic E-state index is 11.8. The molecule has 2 aromatic rings. The molecule has 0 aliphatic carbocycles. The summed E-state index contributed by atoms with van der Waals surface area (Å²) in [6.45, 7) is 0.619. The first-order valence-corrected chi connectivity index (χ1v) is 8.17. The third-order valence-corrected chi connectivity index (χ3v) is 4.20. The zero-order valence-electron chi connectivity index (χ0n) is 12.0. The van der Waals surface area contributed by atoms with Gasteiger partial charge in [0.05, 0.1) is 4.83 Å². The van der Waals surface area contributed by atoms with Gasteiger partial charge in [-0.05, 0) is 24.0 Å². The minimum Gasteiger partial charge on any atom is -0.355 e. The van der Waals surface area contributed by atoms with Crippen molar-refractivity contribution < 1.29 is 4.79 Å². The Morgan fingerprint density at radius 2 is 1.62 bits per heavy atom. The van der Waals surface area contributed by atoms with Crippen molar-refractivity contribution in [2.24, 2.45) is 0 Å². The number of benzene rings is 2. The van der Waals surface area contributed by atoms with Crippen molar-refractivity contribution in [1.29, 1.82) is 0 Å². The largest absolute Gasteiger partial charge is 0.355 e. The van der Waals surface area contributed by atoms with Crippen LogP contribution in [0.25, 0.3) is 0 Å². The molecule has 0 fully saturated rings. The Balaban J connectivity index is 1.66. The van der Waals surface area contributed by atoms with E-state index in [4.69, 9.17) is 0 Å². The second-order valence-corrected chi connectivity index (χ2v) is 6.13. The number of carbonyl (C=O) groups is 1. The number of aryl methyl sites for hydroxylation is 1. The van der Waals surface area contributed by atoms with Crippen LogP contribution in [0.4, 0.5) is 0 Å². The molecule has 0 saturated carbocycles. The van der Waals surface area contributed by atoms with E-state index in [0.717, 1.165) is 12.8 Å². The highest BCUT2D eigenvalue weighted by Gasteiger charge is 2.08. The molecule has 110 valence electrons. The van der Waals surface area contributed by atoms with E-state index >= 15 is 0 Å². The summed E-state index contributed by atoms with van der Waals surface area (Å²) in [6, 6.07) is 20.4. The molecule has 0 aliphatic rings. The van der Waals surface area contributed by atoms with Crippen molar-refractivity contribution >= 4 is 21.8 Å². The Bertz CT molecular complexity index is 542. The quantitative estimate of drug-likeness (QED) is 0.746. The smallest absolute Gasteiger partial charge is 0.220 e. The highest BCUT2D eigenvalue weighted by atomic mass is 79.9. The lowest BCUT2D eigenvalue weighted by Crippen LogP contribution is -2.26. The molecule has 3 heteroatoms. The third-order valence-electron chi connectivity index (χ3n) is 3.35. The zero-order valence-corrected chi connectivity index (χ0v) is 13.6. The van der Waals surface area contributed by atoms with Crippen LogP contribution in [-0.2, 0) is 11.2 Å². The summed E-state index contributed by atoms with van der Waals surface area (Å²) >= 11 is 3.60. The Morgan fingerprint density at radius 3 is 2.29 bits per heavy atom. The summed E-state index contributed by atoms with van der Waals surface area (Å²) in [5, 5.41) is 2.98. The molecule has 0 aliphatic heterocycles. The van der Waals surface area contributed by atoms with E-state index in [1.54, 1.807) is 0 Å². The molecular weight excluding hydrogens is 326 g/mol. The van der Waals surface area contributed by atoms with Crippen LogP contribution in [0.1, 0.15) is 28.8 Å². The van der Waals surface area contributed by atoms with E-state index in [2.05, 4.69) is 45.5 Å². The summed E-state index contributed by atoms with van der Waals surface area (Å²) in [4.78, 5) is 12.0. The highest BCUT2D eigenvalue weighted by molar-refractivity contribution is 9.09. The van der Waals surface area contributed by atoms with E-state index in [1.165, 1.54) is 11.1 Å². The van der Waals surface area contributed by atoms with E-state index in [1.807, 2.05) is 36.4 Å². The van der Waals surface area contributed by atoms with Gasteiger partial charge in [0.25, 0.3) is 0 Å². The summed E-state index contributed by atoms with van der Waals surface area (Å²) in [5.74, 6) is 0.117. The van der Waals surface area contributed by atoms with Crippen molar-refractivity contribution in [3.05, 3.63) is 71.8 Å². The molecule has 1 amide bonds. The molecule has 1 atom stereocenters. The molecule has 2 rings (SSSR count). The van der Waals surface area contributed by atoms with Gasteiger partial charge in [0.2, 0.25) is 5.91 Å². The topological polar surface area (TPSA) is 29.1 Å². The van der Waals surface area contributed by atoms with Crippen LogP contribution in [0.2, 0.25) is 0 Å². The van der Waals surface area contributed by atoms with Gasteiger partial charge >= 0.3 is 0 Å². The molecule has 0 heterocycles. The Kier molecular flexibility index (Phi) is 6.48. The van der Waals surface area contributed by atoms with Gasteiger partial charge in [-0.3, -0.25) is 4.79 Å². The number of hydrogen-bond acceptors (Lipinski definition) is 1. The van der Waals surface area contributed by atoms with Crippen molar-refractivity contribution in [3.8, 4) is 0 Å². The van der Waals surface area contributed by atoms with Gasteiger partial charge in [0.1, 0.15) is 0 Å². The van der Waals surface area contributed by atoms with Crippen LogP contribution in [-0.4, -0.2) is 12.5 Å². The van der Waals surface area contributed by atoms with Crippen molar-refractivity contribution in [2.75, 3.05) is 6.54 Å². The molecular formula is C18H20BrNO. The minimum absolute atomic E-state index is 0.117. The number of halogens is 1. The fourth-order valence-electron chi connectivity index (χ4n) is 2.17. The predicted octanol–water partition coefficient (Wildman–Crippen LogP) is 4.26. The first-order valence-electron chi connectivity index (χ1n) is 7.25. The van der Waals surface area contributed by atoms with Crippen molar-refractivity contribution in [2.45, 2.75) is 24.1 Å². The standard InChI is InChI=1S/C18H20BrNO/c19-17(16-11-5-2-6-12-16)14-20-18(21)13-7-10-15-8-3-1-4-9-15/h1-6,8-9,11-12,17H,7,10,13-14H2,(H,20,21). The monoisotopic (exact) mass is 345 g/mol. The van der Waals surface area contributed by atoms with Crippen LogP contribution < -0.4 is 5.32 Å². The van der Waals surface area contributed by atoms with Crippen LogP contribution in [0.3, 0.4) is 0 Å². The van der Waals surface area contributed by atoms with Crippen LogP contribution in [0.5, 0.6) is 0 Å². The van der Waals surface area contributed by atoms with Crippen molar-refractivity contribution in [1.82, 2.24) is 5.32 Å². The molecule has 1 unspecified atom stereocenters. The summed E-state index contributed by atoms with van der Waals surface area (Å²) < 4.78 is 0. The fourth-order valence-corrected chi connectivity index (χ4v) is 2.64. The highest BCUT2D eigenvalue weighted by Crippen LogP contribution is 2.21. The van der Waals surface area contributed by atoms with E-state index < -0.39 is 0 Å². The number of nitrogens with one attached hydrogen (secondary N) is 1. The normalized spacial score (nSPS) is 11.9. The Labute approximate surface area is 134 Å². The molecule has 21 heavy (non-hydrogen) atoms. The molecule has 2 aromatic carbocycles. The van der Waals surface area contributed by atoms with E-state index in [-0.39, 0.29) is 10.7 Å². The molecule has 0 radical (unpaired) electrons. The number of rotatable bonds is 7. The summed E-state index contributed by atoms with van der Waals surface area (Å²) in [7, 11) is 0. The van der Waals surface area contributed by atoms with E-state index in [9.17, 15) is 4.79 Å². The van der Waals surface area contributed by atoms with Crippen LogP contribution in [0, 0.1) is 0 Å². The van der Waals surface area contributed by atoms with Gasteiger partial charge in [0, 0.05) is 13.0 Å². The molecule has 0 aromatic heterocycles. The predicted molar refractivity (Wildman–Crippen MR) is 90.5 cm³/mol. The number of carbonyl (C=O) groups excluding carboxylic acids is 1. The van der Waals surface area contributed by atoms with Gasteiger partial charge in [0.15, 0.2) is 0 Å². The molecule has 0 spiro atoms. The maximum Gasteiger partial charge on any atom is 0.220 e. The fraction of sp³-hybridized carbons (Fsp3) is 0.278. The number of hydrogen-bond donors (Lipinski definition) is 1. The number of amides is 1. The molecule has 2 nitrogen and oxygen atoms in total. The second kappa shape index (κ2) is 8.63. The first kappa shape index (κ1) is 15.8. The lowest BCUT2D eigenvalue weighted by atomic mass is 10.1. The van der Waals surface area contributed by atoms with Gasteiger partial charge < -0.3 is 5.32 Å². The SMILES string of the molecule is O=C(CCCc1ccccc1)NCC(Br)c1ccccc1.